The molecule has 1 fully saturated rings. The molecule has 1 saturated carbocycles. The zero-order valence-electron chi connectivity index (χ0n) is 11.5. The van der Waals surface area contributed by atoms with Crippen molar-refractivity contribution in [3.8, 4) is 0 Å². The lowest BCUT2D eigenvalue weighted by atomic mass is 9.71. The molecule has 18 heavy (non-hydrogen) atoms. The van der Waals surface area contributed by atoms with E-state index < -0.39 is 0 Å². The first-order chi connectivity index (χ1) is 8.83. The van der Waals surface area contributed by atoms with Gasteiger partial charge in [-0.2, -0.15) is 0 Å². The first-order valence-corrected chi connectivity index (χ1v) is 7.35. The number of nitrogens with two attached hydrogens (primary N) is 1. The topological polar surface area (TPSA) is 38.0 Å². The minimum atomic E-state index is 0.269. The maximum atomic E-state index is 5.87. The van der Waals surface area contributed by atoms with E-state index in [1.54, 1.807) is 0 Å². The summed E-state index contributed by atoms with van der Waals surface area (Å²) in [7, 11) is 0. The van der Waals surface area contributed by atoms with Gasteiger partial charge >= 0.3 is 0 Å². The fourth-order valence-electron chi connectivity index (χ4n) is 3.54. The fraction of sp³-hybridized carbons (Fsp3) is 0.625. The molecule has 3 N–H and O–H groups in total. The lowest BCUT2D eigenvalue weighted by Gasteiger charge is -2.38. The van der Waals surface area contributed by atoms with Gasteiger partial charge < -0.3 is 0 Å². The van der Waals surface area contributed by atoms with Gasteiger partial charge in [-0.3, -0.25) is 11.3 Å². The molecule has 1 atom stereocenters. The summed E-state index contributed by atoms with van der Waals surface area (Å²) in [4.78, 5) is 0. The van der Waals surface area contributed by atoms with Gasteiger partial charge in [0.05, 0.1) is 0 Å². The van der Waals surface area contributed by atoms with E-state index in [2.05, 4.69) is 42.7 Å². The lowest BCUT2D eigenvalue weighted by molar-refractivity contribution is 0.278. The van der Waals surface area contributed by atoms with E-state index >= 15 is 0 Å². The molecule has 1 aromatic rings. The summed E-state index contributed by atoms with van der Waals surface area (Å²) in [6, 6.07) is 11.4. The molecule has 0 radical (unpaired) electrons. The summed E-state index contributed by atoms with van der Waals surface area (Å²) in [5, 5.41) is 0. The molecular formula is C16H26N2. The molecule has 2 heteroatoms. The van der Waals surface area contributed by atoms with E-state index in [1.807, 2.05) is 0 Å². The van der Waals surface area contributed by atoms with Crippen molar-refractivity contribution in [1.82, 2.24) is 5.43 Å². The highest BCUT2D eigenvalue weighted by Crippen LogP contribution is 2.44. The largest absolute Gasteiger partial charge is 0.271 e. The van der Waals surface area contributed by atoms with Crippen molar-refractivity contribution < 1.29 is 0 Å². The SMILES string of the molecule is CCCCC(NN)C1(c2ccccc2)CCCC1. The monoisotopic (exact) mass is 246 g/mol. The second kappa shape index (κ2) is 6.35. The summed E-state index contributed by atoms with van der Waals surface area (Å²) in [6.07, 6.45) is 8.89. The third-order valence-corrected chi connectivity index (χ3v) is 4.56. The lowest BCUT2D eigenvalue weighted by Crippen LogP contribution is -2.50. The van der Waals surface area contributed by atoms with E-state index in [0.29, 0.717) is 6.04 Å². The Hall–Kier alpha value is -0.860. The average molecular weight is 246 g/mol. The molecule has 1 aliphatic rings. The van der Waals surface area contributed by atoms with Crippen LogP contribution in [0.2, 0.25) is 0 Å². The van der Waals surface area contributed by atoms with Crippen molar-refractivity contribution in [3.05, 3.63) is 35.9 Å². The quantitative estimate of drug-likeness (QED) is 0.595. The van der Waals surface area contributed by atoms with Crippen LogP contribution >= 0.6 is 0 Å². The van der Waals surface area contributed by atoms with Crippen molar-refractivity contribution in [1.29, 1.82) is 0 Å². The van der Waals surface area contributed by atoms with Gasteiger partial charge in [-0.15, -0.1) is 0 Å². The maximum absolute atomic E-state index is 5.87. The molecule has 2 rings (SSSR count). The van der Waals surface area contributed by atoms with Crippen LogP contribution in [0.1, 0.15) is 57.4 Å². The highest BCUT2D eigenvalue weighted by Gasteiger charge is 2.41. The Bertz CT molecular complexity index is 341. The van der Waals surface area contributed by atoms with Gasteiger partial charge in [-0.25, -0.2) is 0 Å². The van der Waals surface area contributed by atoms with Crippen molar-refractivity contribution in [2.24, 2.45) is 5.84 Å². The third-order valence-electron chi connectivity index (χ3n) is 4.56. The van der Waals surface area contributed by atoms with Crippen molar-refractivity contribution in [2.45, 2.75) is 63.3 Å². The number of unbranched alkanes of at least 4 members (excludes halogenated alkanes) is 1. The van der Waals surface area contributed by atoms with E-state index in [4.69, 9.17) is 5.84 Å². The number of rotatable bonds is 6. The van der Waals surface area contributed by atoms with Crippen LogP contribution in [-0.2, 0) is 5.41 Å². The average Bonchev–Trinajstić information content (AvgIpc) is 2.91. The molecule has 2 nitrogen and oxygen atoms in total. The number of nitrogens with one attached hydrogen (secondary N) is 1. The molecule has 1 aromatic carbocycles. The van der Waals surface area contributed by atoms with Crippen molar-refractivity contribution >= 4 is 0 Å². The van der Waals surface area contributed by atoms with E-state index in [1.165, 1.54) is 50.5 Å². The zero-order chi connectivity index (χ0) is 12.8. The first kappa shape index (κ1) is 13.6. The van der Waals surface area contributed by atoms with Crippen LogP contribution in [0.4, 0.5) is 0 Å². The van der Waals surface area contributed by atoms with Crippen LogP contribution in [0.25, 0.3) is 0 Å². The molecule has 100 valence electrons. The normalized spacial score (nSPS) is 19.9. The van der Waals surface area contributed by atoms with Crippen LogP contribution in [0.3, 0.4) is 0 Å². The van der Waals surface area contributed by atoms with Gasteiger partial charge in [-0.1, -0.05) is 62.9 Å². The Morgan fingerprint density at radius 1 is 1.22 bits per heavy atom. The van der Waals surface area contributed by atoms with Crippen LogP contribution in [-0.4, -0.2) is 6.04 Å². The Morgan fingerprint density at radius 3 is 2.44 bits per heavy atom. The second-order valence-electron chi connectivity index (χ2n) is 5.59. The van der Waals surface area contributed by atoms with Gasteiger partial charge in [-0.05, 0) is 24.8 Å². The predicted molar refractivity (Wildman–Crippen MR) is 77.2 cm³/mol. The highest BCUT2D eigenvalue weighted by molar-refractivity contribution is 5.29. The van der Waals surface area contributed by atoms with E-state index in [-0.39, 0.29) is 5.41 Å². The van der Waals surface area contributed by atoms with E-state index in [0.717, 1.165) is 0 Å². The highest BCUT2D eigenvalue weighted by atomic mass is 15.2. The van der Waals surface area contributed by atoms with E-state index in [9.17, 15) is 0 Å². The molecule has 0 bridgehead atoms. The van der Waals surface area contributed by atoms with Gasteiger partial charge in [0, 0.05) is 11.5 Å². The van der Waals surface area contributed by atoms with Gasteiger partial charge in [0.15, 0.2) is 0 Å². The number of hydrogen-bond acceptors (Lipinski definition) is 2. The predicted octanol–water partition coefficient (Wildman–Crippen LogP) is 3.52. The molecule has 0 heterocycles. The van der Waals surface area contributed by atoms with Crippen molar-refractivity contribution in [2.75, 3.05) is 0 Å². The second-order valence-corrected chi connectivity index (χ2v) is 5.59. The Morgan fingerprint density at radius 2 is 1.89 bits per heavy atom. The standard InChI is InChI=1S/C16H26N2/c1-2-3-11-15(18-17)16(12-7-8-13-16)14-9-5-4-6-10-14/h4-6,9-10,15,18H,2-3,7-8,11-13,17H2,1H3. The molecule has 0 aromatic heterocycles. The van der Waals surface area contributed by atoms with Crippen molar-refractivity contribution in [3.63, 3.8) is 0 Å². The third kappa shape index (κ3) is 2.60. The maximum Gasteiger partial charge on any atom is 0.0307 e. The summed E-state index contributed by atoms with van der Waals surface area (Å²) in [5.41, 5.74) is 4.86. The summed E-state index contributed by atoms with van der Waals surface area (Å²) in [5.74, 6) is 5.87. The summed E-state index contributed by atoms with van der Waals surface area (Å²) >= 11 is 0. The zero-order valence-corrected chi connectivity index (χ0v) is 11.5. The summed E-state index contributed by atoms with van der Waals surface area (Å²) in [6.45, 7) is 2.25. The number of benzene rings is 1. The van der Waals surface area contributed by atoms with Crippen LogP contribution in [0.15, 0.2) is 30.3 Å². The van der Waals surface area contributed by atoms with Crippen LogP contribution in [0.5, 0.6) is 0 Å². The van der Waals surface area contributed by atoms with Gasteiger partial charge in [0.1, 0.15) is 0 Å². The molecule has 1 unspecified atom stereocenters. The van der Waals surface area contributed by atoms with Gasteiger partial charge in [0.25, 0.3) is 0 Å². The molecule has 0 spiro atoms. The number of hydrazine groups is 1. The Labute approximate surface area is 111 Å². The Kier molecular flexibility index (Phi) is 4.79. The van der Waals surface area contributed by atoms with Crippen LogP contribution in [0, 0.1) is 0 Å². The molecule has 0 amide bonds. The molecular weight excluding hydrogens is 220 g/mol. The molecule has 1 aliphatic carbocycles. The number of hydrogen-bond donors (Lipinski definition) is 2. The molecule has 0 saturated heterocycles. The smallest absolute Gasteiger partial charge is 0.0307 e. The fourth-order valence-corrected chi connectivity index (χ4v) is 3.54. The molecule has 0 aliphatic heterocycles. The Balaban J connectivity index is 2.25. The van der Waals surface area contributed by atoms with Gasteiger partial charge in [0.2, 0.25) is 0 Å². The van der Waals surface area contributed by atoms with Crippen LogP contribution < -0.4 is 11.3 Å². The first-order valence-electron chi connectivity index (χ1n) is 7.35. The minimum Gasteiger partial charge on any atom is -0.271 e. The minimum absolute atomic E-state index is 0.269. The summed E-state index contributed by atoms with van der Waals surface area (Å²) < 4.78 is 0.